The summed E-state index contributed by atoms with van der Waals surface area (Å²) in [5.74, 6) is 0. The van der Waals surface area contributed by atoms with Crippen LogP contribution in [0.1, 0.15) is 11.1 Å². The Bertz CT molecular complexity index is 3940. The van der Waals surface area contributed by atoms with Crippen molar-refractivity contribution in [1.82, 2.24) is 9.13 Å². The van der Waals surface area contributed by atoms with E-state index in [1.54, 1.807) is 0 Å². The molecule has 0 unspecified atom stereocenters. The molecule has 2 heterocycles. The van der Waals surface area contributed by atoms with E-state index in [2.05, 4.69) is 235 Å². The van der Waals surface area contributed by atoms with Gasteiger partial charge in [-0.2, -0.15) is 0 Å². The molecule has 0 spiro atoms. The summed E-state index contributed by atoms with van der Waals surface area (Å²) < 4.78 is 4.90. The molecule has 0 atom stereocenters. The summed E-state index contributed by atoms with van der Waals surface area (Å²) in [7, 11) is 0. The van der Waals surface area contributed by atoms with Crippen LogP contribution >= 0.6 is 0 Å². The first-order chi connectivity index (χ1) is 32.1. The van der Waals surface area contributed by atoms with Gasteiger partial charge in [-0.25, -0.2) is 0 Å². The highest BCUT2D eigenvalue weighted by atomic mass is 15.0. The van der Waals surface area contributed by atoms with Crippen LogP contribution in [0.4, 0.5) is 0 Å². The number of para-hydroxylation sites is 3. The van der Waals surface area contributed by atoms with Crippen LogP contribution in [-0.4, -0.2) is 9.13 Å². The average molecular weight is 827 g/mol. The van der Waals surface area contributed by atoms with Gasteiger partial charge in [0.25, 0.3) is 0 Å². The van der Waals surface area contributed by atoms with Gasteiger partial charge in [0.05, 0.1) is 27.8 Å². The molecule has 2 aromatic heterocycles. The Balaban J connectivity index is 0.938. The SMILES string of the molecule is C=C/C=C\c1c(C)ccc2c3ccc(-c4ccc5c6ccccc6n(-c6ccccc6-c6ccc(-c7ccc8c(c7)-c7cccc9cccc-8c79)cc6)c5c4)cc3n(-c3ccccc3)c12. The van der Waals surface area contributed by atoms with E-state index in [1.165, 1.54) is 121 Å². The standard InChI is InChI=1S/C63H42N2/c1-3-4-18-48-40(2)25-33-56-53-36-32-45(38-60(53)64(63(48)56)47-16-6-5-7-17-47)46-31-35-52-51-20-9-11-24-59(51)65(61(52)39-46)58-23-10-8-19-49(58)42-28-26-41(27-29-42)44-30-34-50-54-21-12-14-43-15-13-22-55(62(43)54)57(50)37-44/h3-39H,1H2,2H3/b18-4-. The lowest BCUT2D eigenvalue weighted by Crippen LogP contribution is -1.97. The highest BCUT2D eigenvalue weighted by Crippen LogP contribution is 2.48. The molecule has 0 saturated carbocycles. The van der Waals surface area contributed by atoms with Crippen molar-refractivity contribution in [3.05, 3.63) is 236 Å². The largest absolute Gasteiger partial charge is 0.309 e. The molecule has 0 N–H and O–H groups in total. The third kappa shape index (κ3) is 5.67. The average Bonchev–Trinajstić information content (AvgIpc) is 4.00. The molecule has 304 valence electrons. The summed E-state index contributed by atoms with van der Waals surface area (Å²) in [5.41, 5.74) is 21.9. The summed E-state index contributed by atoms with van der Waals surface area (Å²) in [4.78, 5) is 0. The molecule has 2 heteroatoms. The van der Waals surface area contributed by atoms with Gasteiger partial charge in [-0.15, -0.1) is 0 Å². The van der Waals surface area contributed by atoms with Gasteiger partial charge in [-0.1, -0.05) is 189 Å². The minimum atomic E-state index is 1.14. The van der Waals surface area contributed by atoms with Crippen molar-refractivity contribution in [2.45, 2.75) is 6.92 Å². The lowest BCUT2D eigenvalue weighted by Gasteiger charge is -2.15. The molecule has 1 aliphatic rings. The van der Waals surface area contributed by atoms with E-state index < -0.39 is 0 Å². The van der Waals surface area contributed by atoms with Crippen molar-refractivity contribution in [1.29, 1.82) is 0 Å². The Kier molecular flexibility index (Phi) is 8.31. The number of fused-ring (bicyclic) bond motifs is 9. The Labute approximate surface area is 377 Å². The molecular formula is C63H42N2. The third-order valence-electron chi connectivity index (χ3n) is 13.8. The molecule has 0 fully saturated rings. The summed E-state index contributed by atoms with van der Waals surface area (Å²) in [6.45, 7) is 6.16. The van der Waals surface area contributed by atoms with Crippen LogP contribution in [0.15, 0.2) is 225 Å². The van der Waals surface area contributed by atoms with Crippen molar-refractivity contribution in [2.75, 3.05) is 0 Å². The Hall–Kier alpha value is -8.46. The molecule has 0 amide bonds. The van der Waals surface area contributed by atoms with Gasteiger partial charge in [-0.05, 0) is 116 Å². The van der Waals surface area contributed by atoms with Crippen molar-refractivity contribution >= 4 is 60.5 Å². The molecule has 0 radical (unpaired) electrons. The predicted molar refractivity (Wildman–Crippen MR) is 277 cm³/mol. The fourth-order valence-corrected chi connectivity index (χ4v) is 10.8. The van der Waals surface area contributed by atoms with E-state index in [0.29, 0.717) is 0 Å². The zero-order chi connectivity index (χ0) is 43.2. The number of benzene rings is 10. The maximum atomic E-state index is 3.97. The molecule has 10 aromatic carbocycles. The smallest absolute Gasteiger partial charge is 0.0616 e. The molecule has 0 aliphatic heterocycles. The summed E-state index contributed by atoms with van der Waals surface area (Å²) in [6, 6.07) is 76.3. The number of allylic oxidation sites excluding steroid dienone is 2. The van der Waals surface area contributed by atoms with Gasteiger partial charge in [0.15, 0.2) is 0 Å². The quantitative estimate of drug-likeness (QED) is 0.142. The van der Waals surface area contributed by atoms with Gasteiger partial charge >= 0.3 is 0 Å². The summed E-state index contributed by atoms with van der Waals surface area (Å²) >= 11 is 0. The first kappa shape index (κ1) is 37.1. The van der Waals surface area contributed by atoms with Crippen LogP contribution in [0, 0.1) is 6.92 Å². The number of aryl methyl sites for hydroxylation is 1. The van der Waals surface area contributed by atoms with Crippen LogP contribution in [-0.2, 0) is 0 Å². The normalized spacial score (nSPS) is 12.1. The first-order valence-corrected chi connectivity index (χ1v) is 22.5. The maximum absolute atomic E-state index is 3.97. The molecule has 13 rings (SSSR count). The van der Waals surface area contributed by atoms with Gasteiger partial charge in [-0.3, -0.25) is 0 Å². The Morgan fingerprint density at radius 2 is 0.985 bits per heavy atom. The number of nitrogens with zero attached hydrogens (tertiary/aromatic N) is 2. The third-order valence-corrected chi connectivity index (χ3v) is 13.8. The fourth-order valence-electron chi connectivity index (χ4n) is 10.8. The van der Waals surface area contributed by atoms with E-state index in [4.69, 9.17) is 0 Å². The highest BCUT2D eigenvalue weighted by Gasteiger charge is 2.23. The highest BCUT2D eigenvalue weighted by molar-refractivity contribution is 6.16. The monoisotopic (exact) mass is 826 g/mol. The topological polar surface area (TPSA) is 9.86 Å². The molecule has 12 aromatic rings. The Morgan fingerprint density at radius 1 is 0.400 bits per heavy atom. The van der Waals surface area contributed by atoms with Gasteiger partial charge < -0.3 is 9.13 Å². The number of aromatic nitrogens is 2. The van der Waals surface area contributed by atoms with Crippen LogP contribution in [0.25, 0.3) is 127 Å². The zero-order valence-corrected chi connectivity index (χ0v) is 36.0. The minimum Gasteiger partial charge on any atom is -0.309 e. The van der Waals surface area contributed by atoms with Gasteiger partial charge in [0.2, 0.25) is 0 Å². The van der Waals surface area contributed by atoms with Crippen molar-refractivity contribution < 1.29 is 0 Å². The fraction of sp³-hybridized carbons (Fsp3) is 0.0159. The zero-order valence-electron chi connectivity index (χ0n) is 36.0. The van der Waals surface area contributed by atoms with Crippen LogP contribution in [0.2, 0.25) is 0 Å². The van der Waals surface area contributed by atoms with Gasteiger partial charge in [0.1, 0.15) is 0 Å². The van der Waals surface area contributed by atoms with Crippen molar-refractivity contribution in [3.63, 3.8) is 0 Å². The summed E-state index contributed by atoms with van der Waals surface area (Å²) in [6.07, 6.45) is 6.08. The lowest BCUT2D eigenvalue weighted by atomic mass is 9.95. The second-order valence-corrected chi connectivity index (χ2v) is 17.3. The molecule has 65 heavy (non-hydrogen) atoms. The maximum Gasteiger partial charge on any atom is 0.0616 e. The molecule has 0 saturated heterocycles. The van der Waals surface area contributed by atoms with E-state index in [9.17, 15) is 0 Å². The molecular weight excluding hydrogens is 785 g/mol. The second-order valence-electron chi connectivity index (χ2n) is 17.3. The minimum absolute atomic E-state index is 1.14. The lowest BCUT2D eigenvalue weighted by molar-refractivity contribution is 1.17. The molecule has 1 aliphatic carbocycles. The first-order valence-electron chi connectivity index (χ1n) is 22.5. The van der Waals surface area contributed by atoms with Crippen LogP contribution < -0.4 is 0 Å². The van der Waals surface area contributed by atoms with E-state index in [0.717, 1.165) is 11.4 Å². The number of hydrogen-bond donors (Lipinski definition) is 0. The van der Waals surface area contributed by atoms with Crippen molar-refractivity contribution in [2.24, 2.45) is 0 Å². The van der Waals surface area contributed by atoms with E-state index >= 15 is 0 Å². The van der Waals surface area contributed by atoms with Gasteiger partial charge in [0, 0.05) is 38.4 Å². The molecule has 2 nitrogen and oxygen atoms in total. The molecule has 0 bridgehead atoms. The Morgan fingerprint density at radius 3 is 1.77 bits per heavy atom. The number of rotatable bonds is 7. The second kappa shape index (κ2) is 14.6. The van der Waals surface area contributed by atoms with Crippen LogP contribution in [0.5, 0.6) is 0 Å². The van der Waals surface area contributed by atoms with Crippen molar-refractivity contribution in [3.8, 4) is 67.0 Å². The van der Waals surface area contributed by atoms with Crippen LogP contribution in [0.3, 0.4) is 0 Å². The summed E-state index contributed by atoms with van der Waals surface area (Å²) in [5, 5.41) is 7.60. The predicted octanol–water partition coefficient (Wildman–Crippen LogP) is 17.2. The van der Waals surface area contributed by atoms with E-state index in [-0.39, 0.29) is 0 Å². The number of hydrogen-bond acceptors (Lipinski definition) is 0. The van der Waals surface area contributed by atoms with E-state index in [1.807, 2.05) is 12.2 Å².